The number of anilines is 2. The number of pyridine rings is 1. The van der Waals surface area contributed by atoms with Gasteiger partial charge in [-0.25, -0.2) is 4.98 Å². The van der Waals surface area contributed by atoms with E-state index in [0.717, 1.165) is 5.75 Å². The van der Waals surface area contributed by atoms with E-state index >= 15 is 0 Å². The standard InChI is InChI=1S/C12H11N3O3/c1-18-10-6-4-9(5-7-10)14-12-11(15(16)17)3-2-8-13-12/h2-8H,1H3,(H,13,14). The normalized spacial score (nSPS) is 9.83. The molecule has 2 rings (SSSR count). The van der Waals surface area contributed by atoms with Gasteiger partial charge < -0.3 is 10.1 Å². The number of nitrogens with zero attached hydrogens (tertiary/aromatic N) is 2. The Balaban J connectivity index is 2.25. The molecule has 0 saturated heterocycles. The molecule has 0 saturated carbocycles. The maximum absolute atomic E-state index is 10.8. The highest BCUT2D eigenvalue weighted by molar-refractivity contribution is 5.65. The Labute approximate surface area is 103 Å². The summed E-state index contributed by atoms with van der Waals surface area (Å²) in [6, 6.07) is 9.97. The van der Waals surface area contributed by atoms with Crippen molar-refractivity contribution < 1.29 is 9.66 Å². The number of methoxy groups -OCH3 is 1. The van der Waals surface area contributed by atoms with E-state index in [4.69, 9.17) is 4.74 Å². The van der Waals surface area contributed by atoms with Gasteiger partial charge in [-0.3, -0.25) is 10.1 Å². The van der Waals surface area contributed by atoms with Crippen molar-refractivity contribution >= 4 is 17.2 Å². The van der Waals surface area contributed by atoms with E-state index in [-0.39, 0.29) is 11.5 Å². The molecule has 0 aliphatic carbocycles. The van der Waals surface area contributed by atoms with E-state index in [1.807, 2.05) is 0 Å². The molecule has 1 aromatic heterocycles. The zero-order valence-electron chi connectivity index (χ0n) is 9.66. The van der Waals surface area contributed by atoms with E-state index in [1.54, 1.807) is 31.4 Å². The molecule has 2 aromatic rings. The molecule has 0 unspecified atom stereocenters. The number of hydrogen-bond donors (Lipinski definition) is 1. The van der Waals surface area contributed by atoms with E-state index < -0.39 is 4.92 Å². The Kier molecular flexibility index (Phi) is 3.38. The molecule has 1 aromatic carbocycles. The quantitative estimate of drug-likeness (QED) is 0.662. The minimum absolute atomic E-state index is 0.0617. The van der Waals surface area contributed by atoms with Gasteiger partial charge in [0.2, 0.25) is 5.82 Å². The Morgan fingerprint density at radius 3 is 2.61 bits per heavy atom. The van der Waals surface area contributed by atoms with E-state index in [0.29, 0.717) is 5.69 Å². The van der Waals surface area contributed by atoms with Crippen molar-refractivity contribution in [2.45, 2.75) is 0 Å². The molecule has 6 heteroatoms. The van der Waals surface area contributed by atoms with Gasteiger partial charge in [0.05, 0.1) is 12.0 Å². The summed E-state index contributed by atoms with van der Waals surface area (Å²) in [7, 11) is 1.58. The fourth-order valence-corrected chi connectivity index (χ4v) is 1.45. The fourth-order valence-electron chi connectivity index (χ4n) is 1.45. The summed E-state index contributed by atoms with van der Waals surface area (Å²) in [5, 5.41) is 13.7. The van der Waals surface area contributed by atoms with Gasteiger partial charge in [-0.2, -0.15) is 0 Å². The van der Waals surface area contributed by atoms with Gasteiger partial charge in [-0.1, -0.05) is 0 Å². The van der Waals surface area contributed by atoms with Crippen LogP contribution in [0.2, 0.25) is 0 Å². The van der Waals surface area contributed by atoms with Crippen LogP contribution in [-0.4, -0.2) is 17.0 Å². The van der Waals surface area contributed by atoms with Crippen molar-refractivity contribution in [3.05, 3.63) is 52.7 Å². The molecule has 0 bridgehead atoms. The lowest BCUT2D eigenvalue weighted by molar-refractivity contribution is -0.384. The molecular weight excluding hydrogens is 234 g/mol. The van der Waals surface area contributed by atoms with Crippen LogP contribution in [0.1, 0.15) is 0 Å². The van der Waals surface area contributed by atoms with Crippen LogP contribution in [0.3, 0.4) is 0 Å². The first-order valence-electron chi connectivity index (χ1n) is 5.21. The molecule has 6 nitrogen and oxygen atoms in total. The van der Waals surface area contributed by atoms with E-state index in [2.05, 4.69) is 10.3 Å². The van der Waals surface area contributed by atoms with Gasteiger partial charge >= 0.3 is 5.69 Å². The minimum atomic E-state index is -0.473. The van der Waals surface area contributed by atoms with Crippen LogP contribution in [0.5, 0.6) is 5.75 Å². The summed E-state index contributed by atoms with van der Waals surface area (Å²) in [6.07, 6.45) is 1.50. The zero-order valence-corrected chi connectivity index (χ0v) is 9.66. The van der Waals surface area contributed by atoms with Gasteiger partial charge in [0.1, 0.15) is 5.75 Å². The minimum Gasteiger partial charge on any atom is -0.497 e. The van der Waals surface area contributed by atoms with Crippen LogP contribution in [0.15, 0.2) is 42.6 Å². The lowest BCUT2D eigenvalue weighted by Crippen LogP contribution is -1.99. The highest BCUT2D eigenvalue weighted by Gasteiger charge is 2.13. The lowest BCUT2D eigenvalue weighted by atomic mass is 10.3. The summed E-state index contributed by atoms with van der Waals surface area (Å²) in [6.45, 7) is 0. The Morgan fingerprint density at radius 1 is 1.28 bits per heavy atom. The van der Waals surface area contributed by atoms with E-state index in [9.17, 15) is 10.1 Å². The number of hydrogen-bond acceptors (Lipinski definition) is 5. The second-order valence-electron chi connectivity index (χ2n) is 3.48. The van der Waals surface area contributed by atoms with Crippen molar-refractivity contribution in [2.75, 3.05) is 12.4 Å². The van der Waals surface area contributed by atoms with Gasteiger partial charge in [0, 0.05) is 18.0 Å². The topological polar surface area (TPSA) is 77.3 Å². The maximum atomic E-state index is 10.8. The number of nitrogens with one attached hydrogen (secondary N) is 1. The highest BCUT2D eigenvalue weighted by Crippen LogP contribution is 2.25. The third kappa shape index (κ3) is 2.54. The molecule has 0 aliphatic heterocycles. The highest BCUT2D eigenvalue weighted by atomic mass is 16.6. The van der Waals surface area contributed by atoms with Crippen LogP contribution >= 0.6 is 0 Å². The summed E-state index contributed by atoms with van der Waals surface area (Å²) in [4.78, 5) is 14.3. The molecule has 0 amide bonds. The van der Waals surface area contributed by atoms with E-state index in [1.165, 1.54) is 18.3 Å². The molecule has 0 aliphatic rings. The molecule has 18 heavy (non-hydrogen) atoms. The third-order valence-corrected chi connectivity index (χ3v) is 2.34. The number of ether oxygens (including phenoxy) is 1. The largest absolute Gasteiger partial charge is 0.497 e. The molecule has 1 heterocycles. The monoisotopic (exact) mass is 245 g/mol. The predicted molar refractivity (Wildman–Crippen MR) is 67.2 cm³/mol. The van der Waals surface area contributed by atoms with Crippen molar-refractivity contribution in [2.24, 2.45) is 0 Å². The first-order valence-corrected chi connectivity index (χ1v) is 5.21. The number of nitro groups is 1. The smallest absolute Gasteiger partial charge is 0.311 e. The van der Waals surface area contributed by atoms with Crippen molar-refractivity contribution in [3.8, 4) is 5.75 Å². The molecule has 92 valence electrons. The first kappa shape index (κ1) is 11.8. The summed E-state index contributed by atoms with van der Waals surface area (Å²) in [5.41, 5.74) is 0.644. The number of aromatic nitrogens is 1. The predicted octanol–water partition coefficient (Wildman–Crippen LogP) is 2.74. The summed E-state index contributed by atoms with van der Waals surface area (Å²) < 4.78 is 5.03. The molecule has 0 fully saturated rings. The SMILES string of the molecule is COc1ccc(Nc2ncccc2[N+](=O)[O-])cc1. The molecular formula is C12H11N3O3. The molecule has 1 N–H and O–H groups in total. The number of benzene rings is 1. The van der Waals surface area contributed by atoms with Crippen LogP contribution < -0.4 is 10.1 Å². The maximum Gasteiger partial charge on any atom is 0.311 e. The summed E-state index contributed by atoms with van der Waals surface area (Å²) >= 11 is 0. The number of rotatable bonds is 4. The van der Waals surface area contributed by atoms with Gasteiger partial charge in [-0.05, 0) is 30.3 Å². The van der Waals surface area contributed by atoms with Crippen molar-refractivity contribution in [1.82, 2.24) is 4.98 Å². The molecule has 0 atom stereocenters. The van der Waals surface area contributed by atoms with Crippen LogP contribution in [-0.2, 0) is 0 Å². The van der Waals surface area contributed by atoms with Gasteiger partial charge in [0.25, 0.3) is 0 Å². The Hall–Kier alpha value is -2.63. The van der Waals surface area contributed by atoms with Crippen LogP contribution in [0, 0.1) is 10.1 Å². The second-order valence-corrected chi connectivity index (χ2v) is 3.48. The average Bonchev–Trinajstić information content (AvgIpc) is 2.40. The first-order chi connectivity index (χ1) is 8.70. The third-order valence-electron chi connectivity index (χ3n) is 2.34. The van der Waals surface area contributed by atoms with Gasteiger partial charge in [-0.15, -0.1) is 0 Å². The lowest BCUT2D eigenvalue weighted by Gasteiger charge is -2.06. The Morgan fingerprint density at radius 2 is 2.00 bits per heavy atom. The average molecular weight is 245 g/mol. The zero-order chi connectivity index (χ0) is 13.0. The second kappa shape index (κ2) is 5.13. The van der Waals surface area contributed by atoms with Crippen LogP contribution in [0.25, 0.3) is 0 Å². The van der Waals surface area contributed by atoms with Gasteiger partial charge in [0.15, 0.2) is 0 Å². The fraction of sp³-hybridized carbons (Fsp3) is 0.0833. The molecule has 0 spiro atoms. The summed E-state index contributed by atoms with van der Waals surface area (Å²) in [5.74, 6) is 0.934. The van der Waals surface area contributed by atoms with Crippen molar-refractivity contribution in [3.63, 3.8) is 0 Å². The van der Waals surface area contributed by atoms with Crippen LogP contribution in [0.4, 0.5) is 17.2 Å². The van der Waals surface area contributed by atoms with Crippen molar-refractivity contribution in [1.29, 1.82) is 0 Å². The molecule has 0 radical (unpaired) electrons. The Bertz CT molecular complexity index is 555.